The number of fused-ring (bicyclic) bond motifs is 1. The van der Waals surface area contributed by atoms with E-state index in [9.17, 15) is 9.59 Å². The lowest BCUT2D eigenvalue weighted by Gasteiger charge is -2.32. The number of piperidine rings is 1. The summed E-state index contributed by atoms with van der Waals surface area (Å²) in [6.45, 7) is 1.47. The molecule has 2 heterocycles. The second-order valence-corrected chi connectivity index (χ2v) is 6.87. The first-order chi connectivity index (χ1) is 13.1. The molecule has 0 radical (unpaired) electrons. The number of aromatic amines is 1. The highest BCUT2D eigenvalue weighted by atomic mass is 16.4. The number of H-pyrrole nitrogens is 1. The molecule has 1 aliphatic rings. The van der Waals surface area contributed by atoms with Crippen molar-refractivity contribution in [2.45, 2.75) is 12.8 Å². The van der Waals surface area contributed by atoms with Crippen LogP contribution in [0.2, 0.25) is 0 Å². The molecular formula is C21H21N3O3. The smallest absolute Gasteiger partial charge is 0.306 e. The zero-order valence-corrected chi connectivity index (χ0v) is 14.8. The summed E-state index contributed by atoms with van der Waals surface area (Å²) in [5.74, 6) is -1.12. The molecule has 3 aromatic rings. The molecule has 1 aromatic heterocycles. The number of benzene rings is 2. The van der Waals surface area contributed by atoms with Gasteiger partial charge in [-0.2, -0.15) is 0 Å². The minimum absolute atomic E-state index is 0.179. The Labute approximate surface area is 156 Å². The highest BCUT2D eigenvalue weighted by molar-refractivity contribution is 6.05. The fourth-order valence-corrected chi connectivity index (χ4v) is 3.53. The molecule has 1 aliphatic heterocycles. The summed E-state index contributed by atoms with van der Waals surface area (Å²) in [4.78, 5) is 28.8. The van der Waals surface area contributed by atoms with Crippen molar-refractivity contribution >= 4 is 34.2 Å². The normalized spacial score (nSPS) is 15.0. The predicted octanol–water partition coefficient (Wildman–Crippen LogP) is 3.72. The molecule has 0 bridgehead atoms. The molecule has 27 heavy (non-hydrogen) atoms. The Hall–Kier alpha value is -3.28. The molecule has 0 saturated carbocycles. The van der Waals surface area contributed by atoms with Crippen molar-refractivity contribution in [3.05, 3.63) is 60.3 Å². The number of aromatic nitrogens is 1. The second-order valence-electron chi connectivity index (χ2n) is 6.87. The van der Waals surface area contributed by atoms with Gasteiger partial charge in [0.15, 0.2) is 0 Å². The molecule has 2 aromatic carbocycles. The molecule has 0 aliphatic carbocycles. The van der Waals surface area contributed by atoms with Crippen LogP contribution in [0.15, 0.2) is 54.6 Å². The van der Waals surface area contributed by atoms with Crippen molar-refractivity contribution in [1.29, 1.82) is 0 Å². The third-order valence-electron chi connectivity index (χ3n) is 5.11. The van der Waals surface area contributed by atoms with Crippen LogP contribution in [0.4, 0.5) is 11.4 Å². The monoisotopic (exact) mass is 363 g/mol. The van der Waals surface area contributed by atoms with E-state index < -0.39 is 5.97 Å². The van der Waals surface area contributed by atoms with E-state index in [4.69, 9.17) is 5.11 Å². The van der Waals surface area contributed by atoms with Gasteiger partial charge in [0.05, 0.1) is 5.92 Å². The fourth-order valence-electron chi connectivity index (χ4n) is 3.53. The molecular weight excluding hydrogens is 342 g/mol. The number of carboxylic acid groups (broad SMARTS) is 1. The van der Waals surface area contributed by atoms with Crippen molar-refractivity contribution in [3.63, 3.8) is 0 Å². The number of aliphatic carboxylic acids is 1. The number of carbonyl (C=O) groups is 2. The van der Waals surface area contributed by atoms with Crippen molar-refractivity contribution in [2.24, 2.45) is 5.92 Å². The van der Waals surface area contributed by atoms with Crippen molar-refractivity contribution in [2.75, 3.05) is 23.3 Å². The van der Waals surface area contributed by atoms with Gasteiger partial charge in [0.25, 0.3) is 5.91 Å². The Morgan fingerprint density at radius 1 is 1.04 bits per heavy atom. The van der Waals surface area contributed by atoms with Crippen LogP contribution < -0.4 is 10.2 Å². The van der Waals surface area contributed by atoms with E-state index in [1.54, 1.807) is 0 Å². The van der Waals surface area contributed by atoms with E-state index >= 15 is 0 Å². The molecule has 1 fully saturated rings. The van der Waals surface area contributed by atoms with Gasteiger partial charge in [0.1, 0.15) is 5.69 Å². The summed E-state index contributed by atoms with van der Waals surface area (Å²) in [5.41, 5.74) is 3.23. The van der Waals surface area contributed by atoms with Gasteiger partial charge >= 0.3 is 5.97 Å². The number of carbonyl (C=O) groups excluding carboxylic acids is 1. The third kappa shape index (κ3) is 3.65. The summed E-state index contributed by atoms with van der Waals surface area (Å²) < 4.78 is 0. The highest BCUT2D eigenvalue weighted by Crippen LogP contribution is 2.25. The van der Waals surface area contributed by atoms with Crippen LogP contribution in [0.3, 0.4) is 0 Å². The number of hydrogen-bond donors (Lipinski definition) is 3. The minimum Gasteiger partial charge on any atom is -0.481 e. The number of anilines is 2. The number of nitrogens with one attached hydrogen (secondary N) is 2. The maximum Gasteiger partial charge on any atom is 0.306 e. The molecule has 4 rings (SSSR count). The van der Waals surface area contributed by atoms with Crippen molar-refractivity contribution in [1.82, 2.24) is 4.98 Å². The van der Waals surface area contributed by atoms with Gasteiger partial charge in [-0.1, -0.05) is 18.2 Å². The Bertz CT molecular complexity index is 937. The van der Waals surface area contributed by atoms with Crippen LogP contribution in [0.25, 0.3) is 10.9 Å². The molecule has 1 amide bonds. The highest BCUT2D eigenvalue weighted by Gasteiger charge is 2.24. The Morgan fingerprint density at radius 3 is 2.41 bits per heavy atom. The van der Waals surface area contributed by atoms with E-state index in [-0.39, 0.29) is 11.8 Å². The summed E-state index contributed by atoms with van der Waals surface area (Å²) >= 11 is 0. The summed E-state index contributed by atoms with van der Waals surface area (Å²) in [6, 6.07) is 17.3. The fraction of sp³-hybridized carbons (Fsp3) is 0.238. The lowest BCUT2D eigenvalue weighted by molar-refractivity contribution is -0.142. The van der Waals surface area contributed by atoms with Gasteiger partial charge < -0.3 is 20.3 Å². The van der Waals surface area contributed by atoms with E-state index in [1.807, 2.05) is 54.6 Å². The quantitative estimate of drug-likeness (QED) is 0.659. The van der Waals surface area contributed by atoms with Crippen LogP contribution >= 0.6 is 0 Å². The van der Waals surface area contributed by atoms with Crippen LogP contribution in [0.5, 0.6) is 0 Å². The minimum atomic E-state index is -0.704. The van der Waals surface area contributed by atoms with E-state index in [2.05, 4.69) is 15.2 Å². The number of hydrogen-bond acceptors (Lipinski definition) is 3. The number of amides is 1. The van der Waals surface area contributed by atoms with Crippen LogP contribution in [0.1, 0.15) is 23.3 Å². The number of rotatable bonds is 4. The number of nitrogens with zero attached hydrogens (tertiary/aromatic N) is 1. The van der Waals surface area contributed by atoms with Gasteiger partial charge in [0, 0.05) is 35.4 Å². The average Bonchev–Trinajstić information content (AvgIpc) is 3.13. The average molecular weight is 363 g/mol. The van der Waals surface area contributed by atoms with Gasteiger partial charge in [-0.05, 0) is 49.2 Å². The zero-order chi connectivity index (χ0) is 18.8. The second kappa shape index (κ2) is 7.15. The molecule has 0 spiro atoms. The molecule has 0 unspecified atom stereocenters. The largest absolute Gasteiger partial charge is 0.481 e. The molecule has 3 N–H and O–H groups in total. The summed E-state index contributed by atoms with van der Waals surface area (Å²) in [5, 5.41) is 13.0. The van der Waals surface area contributed by atoms with Gasteiger partial charge in [-0.25, -0.2) is 0 Å². The van der Waals surface area contributed by atoms with Gasteiger partial charge in [-0.15, -0.1) is 0 Å². The van der Waals surface area contributed by atoms with E-state index in [1.165, 1.54) is 0 Å². The van der Waals surface area contributed by atoms with Gasteiger partial charge in [0.2, 0.25) is 0 Å². The molecule has 1 saturated heterocycles. The van der Waals surface area contributed by atoms with Crippen LogP contribution in [0, 0.1) is 5.92 Å². The SMILES string of the molecule is O=C(Nc1ccc(N2CCC(C(=O)O)CC2)cc1)c1cc2ccccc2[nH]1. The first-order valence-electron chi connectivity index (χ1n) is 9.07. The molecule has 6 nitrogen and oxygen atoms in total. The Kier molecular flexibility index (Phi) is 4.54. The summed E-state index contributed by atoms with van der Waals surface area (Å²) in [7, 11) is 0. The topological polar surface area (TPSA) is 85.4 Å². The number of para-hydroxylation sites is 1. The van der Waals surface area contributed by atoms with Crippen LogP contribution in [-0.2, 0) is 4.79 Å². The first-order valence-corrected chi connectivity index (χ1v) is 9.07. The third-order valence-corrected chi connectivity index (χ3v) is 5.11. The predicted molar refractivity (Wildman–Crippen MR) is 105 cm³/mol. The lowest BCUT2D eigenvalue weighted by Crippen LogP contribution is -2.36. The molecule has 6 heteroatoms. The Balaban J connectivity index is 1.40. The lowest BCUT2D eigenvalue weighted by atomic mass is 9.97. The van der Waals surface area contributed by atoms with Gasteiger partial charge in [-0.3, -0.25) is 9.59 Å². The van der Waals surface area contributed by atoms with E-state index in [0.717, 1.165) is 35.4 Å². The molecule has 138 valence electrons. The number of carboxylic acids is 1. The first kappa shape index (κ1) is 17.1. The zero-order valence-electron chi connectivity index (χ0n) is 14.8. The van der Waals surface area contributed by atoms with Crippen LogP contribution in [-0.4, -0.2) is 35.1 Å². The standard InChI is InChI=1S/C21H21N3O3/c25-20(19-13-15-3-1-2-4-18(15)23-19)22-16-5-7-17(8-6-16)24-11-9-14(10-12-24)21(26)27/h1-8,13-14,23H,9-12H2,(H,22,25)(H,26,27). The van der Waals surface area contributed by atoms with E-state index in [0.29, 0.717) is 18.5 Å². The van der Waals surface area contributed by atoms with Crippen molar-refractivity contribution < 1.29 is 14.7 Å². The summed E-state index contributed by atoms with van der Waals surface area (Å²) in [6.07, 6.45) is 1.32. The van der Waals surface area contributed by atoms with Crippen molar-refractivity contribution in [3.8, 4) is 0 Å². The maximum atomic E-state index is 12.5. The Morgan fingerprint density at radius 2 is 1.74 bits per heavy atom. The maximum absolute atomic E-state index is 12.5. The molecule has 0 atom stereocenters.